The van der Waals surface area contributed by atoms with E-state index in [9.17, 15) is 0 Å². The summed E-state index contributed by atoms with van der Waals surface area (Å²) < 4.78 is 6.34. The summed E-state index contributed by atoms with van der Waals surface area (Å²) in [5, 5.41) is 7.12. The van der Waals surface area contributed by atoms with Gasteiger partial charge in [-0.15, -0.1) is 0 Å². The molecule has 0 N–H and O–H groups in total. The van der Waals surface area contributed by atoms with Gasteiger partial charge in [0.05, 0.1) is 11.1 Å². The largest absolute Gasteiger partial charge is 0.456 e. The zero-order valence-electron chi connectivity index (χ0n) is 28.4. The van der Waals surface area contributed by atoms with E-state index in [1.807, 2.05) is 12.1 Å². The molecule has 52 heavy (non-hydrogen) atoms. The minimum absolute atomic E-state index is 0.877. The molecule has 2 nitrogen and oxygen atoms in total. The molecule has 0 aliphatic rings. The fourth-order valence-corrected chi connectivity index (χ4v) is 7.58. The van der Waals surface area contributed by atoms with Gasteiger partial charge in [0.25, 0.3) is 0 Å². The van der Waals surface area contributed by atoms with Crippen LogP contribution in [0.2, 0.25) is 0 Å². The lowest BCUT2D eigenvalue weighted by molar-refractivity contribution is 0.669. The van der Waals surface area contributed by atoms with E-state index < -0.39 is 0 Å². The fraction of sp³-hybridized carbons (Fsp3) is 0. The minimum Gasteiger partial charge on any atom is -0.456 e. The van der Waals surface area contributed by atoms with Gasteiger partial charge in [-0.05, 0) is 110 Å². The minimum atomic E-state index is 0.877. The van der Waals surface area contributed by atoms with Crippen LogP contribution in [0.1, 0.15) is 0 Å². The van der Waals surface area contributed by atoms with Gasteiger partial charge >= 0.3 is 0 Å². The van der Waals surface area contributed by atoms with Crippen LogP contribution in [0.25, 0.3) is 76.9 Å². The first-order chi connectivity index (χ1) is 25.7. The molecule has 0 aliphatic heterocycles. The van der Waals surface area contributed by atoms with Crippen LogP contribution in [0.15, 0.2) is 205 Å². The van der Waals surface area contributed by atoms with Gasteiger partial charge in [0.2, 0.25) is 0 Å². The maximum atomic E-state index is 6.34. The van der Waals surface area contributed by atoms with E-state index in [0.29, 0.717) is 0 Å². The first-order valence-corrected chi connectivity index (χ1v) is 17.7. The number of benzene rings is 9. The monoisotopic (exact) mass is 663 g/mol. The van der Waals surface area contributed by atoms with Gasteiger partial charge in [0.15, 0.2) is 0 Å². The number of furan rings is 1. The van der Waals surface area contributed by atoms with Crippen LogP contribution in [-0.4, -0.2) is 0 Å². The second-order valence-electron chi connectivity index (χ2n) is 13.4. The number of hydrogen-bond donors (Lipinski definition) is 0. The summed E-state index contributed by atoms with van der Waals surface area (Å²) in [6.07, 6.45) is 0. The number of hydrogen-bond acceptors (Lipinski definition) is 2. The Morgan fingerprint density at radius 1 is 0.308 bits per heavy atom. The van der Waals surface area contributed by atoms with Crippen molar-refractivity contribution in [2.24, 2.45) is 0 Å². The molecule has 0 saturated carbocycles. The standard InChI is InChI=1S/C50H33NO/c1-2-9-34(10-3-1)36-25-28-44(29-26-36)51(47-14-8-16-49-50(47)46-13-6-7-15-48(46)52-49)45-30-27-42-32-41(23-24-43(42)33-45)38-19-17-37(18-20-38)40-22-21-35-11-4-5-12-39(35)31-40/h1-33H. The molecule has 0 amide bonds. The summed E-state index contributed by atoms with van der Waals surface area (Å²) in [4.78, 5) is 2.36. The molecule has 0 atom stereocenters. The molecular formula is C50H33NO. The molecular weight excluding hydrogens is 631 g/mol. The molecule has 0 radical (unpaired) electrons. The third-order valence-corrected chi connectivity index (χ3v) is 10.2. The van der Waals surface area contributed by atoms with E-state index in [1.165, 1.54) is 54.9 Å². The van der Waals surface area contributed by atoms with Crippen LogP contribution in [-0.2, 0) is 0 Å². The van der Waals surface area contributed by atoms with Crippen molar-refractivity contribution in [2.45, 2.75) is 0 Å². The molecule has 244 valence electrons. The summed E-state index contributed by atoms with van der Waals surface area (Å²) in [5.74, 6) is 0. The van der Waals surface area contributed by atoms with E-state index in [1.54, 1.807) is 0 Å². The van der Waals surface area contributed by atoms with Crippen molar-refractivity contribution in [2.75, 3.05) is 4.90 Å². The lowest BCUT2D eigenvalue weighted by atomic mass is 9.97. The molecule has 10 rings (SSSR count). The molecule has 10 aromatic rings. The second-order valence-corrected chi connectivity index (χ2v) is 13.4. The molecule has 0 unspecified atom stereocenters. The summed E-state index contributed by atoms with van der Waals surface area (Å²) in [6, 6.07) is 71.8. The van der Waals surface area contributed by atoms with Crippen molar-refractivity contribution in [3.63, 3.8) is 0 Å². The fourth-order valence-electron chi connectivity index (χ4n) is 7.58. The van der Waals surface area contributed by atoms with Crippen LogP contribution in [0.3, 0.4) is 0 Å². The highest BCUT2D eigenvalue weighted by Gasteiger charge is 2.20. The van der Waals surface area contributed by atoms with Gasteiger partial charge in [-0.25, -0.2) is 0 Å². The van der Waals surface area contributed by atoms with Crippen LogP contribution in [0, 0.1) is 0 Å². The van der Waals surface area contributed by atoms with Gasteiger partial charge in [-0.2, -0.15) is 0 Å². The summed E-state index contributed by atoms with van der Waals surface area (Å²) >= 11 is 0. The number of anilines is 3. The van der Waals surface area contributed by atoms with Gasteiger partial charge in [-0.3, -0.25) is 0 Å². The summed E-state index contributed by atoms with van der Waals surface area (Å²) in [6.45, 7) is 0. The van der Waals surface area contributed by atoms with E-state index in [-0.39, 0.29) is 0 Å². The van der Waals surface area contributed by atoms with Gasteiger partial charge in [0.1, 0.15) is 11.2 Å². The summed E-state index contributed by atoms with van der Waals surface area (Å²) in [7, 11) is 0. The number of nitrogens with zero attached hydrogens (tertiary/aromatic N) is 1. The highest BCUT2D eigenvalue weighted by Crippen LogP contribution is 2.44. The normalized spacial score (nSPS) is 11.5. The predicted octanol–water partition coefficient (Wildman–Crippen LogP) is 14.4. The van der Waals surface area contributed by atoms with Crippen LogP contribution < -0.4 is 4.90 Å². The molecule has 0 saturated heterocycles. The number of rotatable bonds is 6. The SMILES string of the molecule is c1ccc(-c2ccc(N(c3ccc4cc(-c5ccc(-c6ccc7ccccc7c6)cc5)ccc4c3)c3cccc4oc5ccccc5c34)cc2)cc1. The lowest BCUT2D eigenvalue weighted by Gasteiger charge is -2.27. The Hall–Kier alpha value is -6.90. The first kappa shape index (κ1) is 30.0. The van der Waals surface area contributed by atoms with E-state index in [4.69, 9.17) is 4.42 Å². The van der Waals surface area contributed by atoms with Crippen molar-refractivity contribution >= 4 is 60.5 Å². The third-order valence-electron chi connectivity index (χ3n) is 10.2. The maximum Gasteiger partial charge on any atom is 0.137 e. The van der Waals surface area contributed by atoms with Crippen LogP contribution in [0.5, 0.6) is 0 Å². The van der Waals surface area contributed by atoms with Gasteiger partial charge in [-0.1, -0.05) is 146 Å². The molecule has 9 aromatic carbocycles. The van der Waals surface area contributed by atoms with Crippen molar-refractivity contribution in [1.29, 1.82) is 0 Å². The lowest BCUT2D eigenvalue weighted by Crippen LogP contribution is -2.10. The predicted molar refractivity (Wildman–Crippen MR) is 220 cm³/mol. The third kappa shape index (κ3) is 5.30. The zero-order valence-corrected chi connectivity index (χ0v) is 28.4. The highest BCUT2D eigenvalue weighted by molar-refractivity contribution is 6.13. The van der Waals surface area contributed by atoms with Gasteiger partial charge in [0, 0.05) is 16.8 Å². The Labute approximate surface area is 302 Å². The Kier molecular flexibility index (Phi) is 7.18. The van der Waals surface area contributed by atoms with Crippen LogP contribution in [0.4, 0.5) is 17.1 Å². The summed E-state index contributed by atoms with van der Waals surface area (Å²) in [5.41, 5.74) is 12.3. The van der Waals surface area contributed by atoms with Crippen LogP contribution >= 0.6 is 0 Å². The topological polar surface area (TPSA) is 16.4 Å². The van der Waals surface area contributed by atoms with E-state index in [0.717, 1.165) is 39.0 Å². The Balaban J connectivity index is 1.04. The molecule has 2 heteroatoms. The Bertz CT molecular complexity index is 2890. The maximum absolute atomic E-state index is 6.34. The average molecular weight is 664 g/mol. The van der Waals surface area contributed by atoms with Gasteiger partial charge < -0.3 is 9.32 Å². The quantitative estimate of drug-likeness (QED) is 0.176. The molecule has 1 aromatic heterocycles. The first-order valence-electron chi connectivity index (χ1n) is 17.7. The van der Waals surface area contributed by atoms with Crippen molar-refractivity contribution in [3.05, 3.63) is 200 Å². The molecule has 0 aliphatic carbocycles. The van der Waals surface area contributed by atoms with E-state index >= 15 is 0 Å². The Morgan fingerprint density at radius 2 is 0.808 bits per heavy atom. The highest BCUT2D eigenvalue weighted by atomic mass is 16.3. The van der Waals surface area contributed by atoms with Crippen molar-refractivity contribution in [1.82, 2.24) is 0 Å². The molecule has 1 heterocycles. The number of para-hydroxylation sites is 1. The molecule has 0 bridgehead atoms. The molecule has 0 spiro atoms. The zero-order chi connectivity index (χ0) is 34.4. The average Bonchev–Trinajstić information content (AvgIpc) is 3.61. The smallest absolute Gasteiger partial charge is 0.137 e. The van der Waals surface area contributed by atoms with E-state index in [2.05, 4.69) is 193 Å². The number of fused-ring (bicyclic) bond motifs is 5. The molecule has 0 fully saturated rings. The second kappa shape index (κ2) is 12.5. The van der Waals surface area contributed by atoms with Crippen molar-refractivity contribution < 1.29 is 4.42 Å². The van der Waals surface area contributed by atoms with Crippen molar-refractivity contribution in [3.8, 4) is 33.4 Å². The Morgan fingerprint density at radius 3 is 1.58 bits per heavy atom.